The second-order valence-corrected chi connectivity index (χ2v) is 3.97. The minimum Gasteiger partial charge on any atom is -0.467 e. The van der Waals surface area contributed by atoms with Crippen LogP contribution in [-0.4, -0.2) is 38.2 Å². The number of carbonyl (C=O) groups is 2. The molecule has 0 saturated heterocycles. The molecule has 0 bridgehead atoms. The predicted molar refractivity (Wildman–Crippen MR) is 70.6 cm³/mol. The van der Waals surface area contributed by atoms with Crippen LogP contribution < -0.4 is 5.32 Å². The lowest BCUT2D eigenvalue weighted by molar-refractivity contribution is -0.145. The highest BCUT2D eigenvalue weighted by Gasteiger charge is 2.21. The number of hydrogen-bond donors (Lipinski definition) is 1. The van der Waals surface area contributed by atoms with Crippen molar-refractivity contribution in [2.75, 3.05) is 20.3 Å². The Labute approximate surface area is 112 Å². The lowest BCUT2D eigenvalue weighted by Gasteiger charge is -2.16. The minimum atomic E-state index is -0.694. The zero-order chi connectivity index (χ0) is 14.1. The Kier molecular flexibility index (Phi) is 6.60. The van der Waals surface area contributed by atoms with Crippen LogP contribution in [0.2, 0.25) is 0 Å². The average molecular weight is 265 g/mol. The quantitative estimate of drug-likeness (QED) is 0.745. The lowest BCUT2D eigenvalue weighted by Crippen LogP contribution is -2.44. The fraction of sp³-hybridized carbons (Fsp3) is 0.429. The largest absolute Gasteiger partial charge is 0.467 e. The number of amides is 1. The number of rotatable bonds is 7. The fourth-order valence-electron chi connectivity index (χ4n) is 1.62. The first-order valence-electron chi connectivity index (χ1n) is 6.16. The van der Waals surface area contributed by atoms with Gasteiger partial charge in [0.1, 0.15) is 12.6 Å². The number of ether oxygens (including phenoxy) is 2. The molecular formula is C14H19NO4. The van der Waals surface area contributed by atoms with E-state index in [-0.39, 0.29) is 12.5 Å². The summed E-state index contributed by atoms with van der Waals surface area (Å²) in [6, 6.07) is 8.75. The molecule has 1 atom stereocenters. The Bertz CT molecular complexity index is 405. The maximum absolute atomic E-state index is 11.6. The van der Waals surface area contributed by atoms with Crippen LogP contribution >= 0.6 is 0 Å². The molecule has 0 radical (unpaired) electrons. The number of nitrogens with one attached hydrogen (secondary N) is 1. The molecule has 0 aliphatic heterocycles. The van der Waals surface area contributed by atoms with Gasteiger partial charge in [-0.15, -0.1) is 0 Å². The van der Waals surface area contributed by atoms with Gasteiger partial charge in [-0.1, -0.05) is 30.3 Å². The van der Waals surface area contributed by atoms with Crippen LogP contribution in [0.15, 0.2) is 30.3 Å². The molecule has 0 saturated carbocycles. The Balaban J connectivity index is 2.62. The van der Waals surface area contributed by atoms with Crippen LogP contribution in [0.5, 0.6) is 0 Å². The van der Waals surface area contributed by atoms with Gasteiger partial charge >= 0.3 is 5.97 Å². The van der Waals surface area contributed by atoms with Gasteiger partial charge in [-0.05, 0) is 12.5 Å². The molecular weight excluding hydrogens is 246 g/mol. The molecule has 0 aromatic heterocycles. The lowest BCUT2D eigenvalue weighted by atomic mass is 10.1. The van der Waals surface area contributed by atoms with E-state index in [1.165, 1.54) is 7.11 Å². The van der Waals surface area contributed by atoms with E-state index >= 15 is 0 Å². The molecule has 19 heavy (non-hydrogen) atoms. The molecule has 5 nitrogen and oxygen atoms in total. The molecule has 1 rings (SSSR count). The van der Waals surface area contributed by atoms with Gasteiger partial charge in [0.2, 0.25) is 5.91 Å². The van der Waals surface area contributed by atoms with Crippen molar-refractivity contribution in [3.63, 3.8) is 0 Å². The SMILES string of the molecule is CCOCC(=O)N[C@@H](Cc1ccccc1)C(=O)OC. The molecule has 0 aliphatic carbocycles. The van der Waals surface area contributed by atoms with Crippen LogP contribution in [0.4, 0.5) is 0 Å². The van der Waals surface area contributed by atoms with Crippen molar-refractivity contribution in [2.45, 2.75) is 19.4 Å². The molecule has 0 fully saturated rings. The number of esters is 1. The molecule has 1 N–H and O–H groups in total. The van der Waals surface area contributed by atoms with E-state index in [1.54, 1.807) is 6.92 Å². The maximum Gasteiger partial charge on any atom is 0.328 e. The third kappa shape index (κ3) is 5.52. The minimum absolute atomic E-state index is 0.0568. The summed E-state index contributed by atoms with van der Waals surface area (Å²) in [5.74, 6) is -0.790. The third-order valence-corrected chi connectivity index (χ3v) is 2.54. The monoisotopic (exact) mass is 265 g/mol. The van der Waals surface area contributed by atoms with Gasteiger partial charge in [-0.2, -0.15) is 0 Å². The maximum atomic E-state index is 11.6. The molecule has 0 spiro atoms. The summed E-state index contributed by atoms with van der Waals surface area (Å²) < 4.78 is 9.69. The Morgan fingerprint density at radius 3 is 2.53 bits per heavy atom. The average Bonchev–Trinajstić information content (AvgIpc) is 2.44. The first-order valence-corrected chi connectivity index (χ1v) is 6.16. The van der Waals surface area contributed by atoms with Gasteiger partial charge < -0.3 is 14.8 Å². The van der Waals surface area contributed by atoms with Gasteiger partial charge in [0.25, 0.3) is 0 Å². The topological polar surface area (TPSA) is 64.6 Å². The van der Waals surface area contributed by atoms with Crippen LogP contribution in [-0.2, 0) is 25.5 Å². The Morgan fingerprint density at radius 1 is 1.26 bits per heavy atom. The van der Waals surface area contributed by atoms with Crippen molar-refractivity contribution >= 4 is 11.9 Å². The molecule has 104 valence electrons. The molecule has 5 heteroatoms. The summed E-state index contributed by atoms with van der Waals surface area (Å²) in [4.78, 5) is 23.2. The van der Waals surface area contributed by atoms with Crippen LogP contribution in [0.3, 0.4) is 0 Å². The Hall–Kier alpha value is -1.88. The van der Waals surface area contributed by atoms with E-state index in [0.29, 0.717) is 13.0 Å². The highest BCUT2D eigenvalue weighted by Crippen LogP contribution is 2.04. The molecule has 0 aliphatic rings. The summed E-state index contributed by atoms with van der Waals surface area (Å²) >= 11 is 0. The van der Waals surface area contributed by atoms with E-state index < -0.39 is 12.0 Å². The van der Waals surface area contributed by atoms with Crippen LogP contribution in [0, 0.1) is 0 Å². The van der Waals surface area contributed by atoms with Crippen molar-refractivity contribution in [3.8, 4) is 0 Å². The van der Waals surface area contributed by atoms with E-state index in [0.717, 1.165) is 5.56 Å². The van der Waals surface area contributed by atoms with E-state index in [2.05, 4.69) is 5.32 Å². The predicted octanol–water partition coefficient (Wildman–Crippen LogP) is 0.923. The Morgan fingerprint density at radius 2 is 1.95 bits per heavy atom. The molecule has 1 aromatic rings. The van der Waals surface area contributed by atoms with E-state index in [9.17, 15) is 9.59 Å². The summed E-state index contributed by atoms with van der Waals surface area (Å²) in [7, 11) is 1.30. The zero-order valence-corrected chi connectivity index (χ0v) is 11.2. The second-order valence-electron chi connectivity index (χ2n) is 3.97. The second kappa shape index (κ2) is 8.26. The molecule has 0 unspecified atom stereocenters. The number of methoxy groups -OCH3 is 1. The van der Waals surface area contributed by atoms with Gasteiger partial charge in [-0.25, -0.2) is 4.79 Å². The summed E-state index contributed by atoms with van der Waals surface area (Å²) in [5, 5.41) is 2.61. The summed E-state index contributed by atoms with van der Waals surface area (Å²) in [6.07, 6.45) is 0.394. The fourth-order valence-corrected chi connectivity index (χ4v) is 1.62. The summed E-state index contributed by atoms with van der Waals surface area (Å²) in [5.41, 5.74) is 0.953. The van der Waals surface area contributed by atoms with Gasteiger partial charge in [0.05, 0.1) is 7.11 Å². The zero-order valence-electron chi connectivity index (χ0n) is 11.2. The van der Waals surface area contributed by atoms with Gasteiger partial charge in [0, 0.05) is 13.0 Å². The van der Waals surface area contributed by atoms with E-state index in [1.807, 2.05) is 30.3 Å². The number of benzene rings is 1. The van der Waals surface area contributed by atoms with Crippen molar-refractivity contribution in [2.24, 2.45) is 0 Å². The van der Waals surface area contributed by atoms with Crippen molar-refractivity contribution in [1.29, 1.82) is 0 Å². The van der Waals surface area contributed by atoms with Crippen molar-refractivity contribution in [3.05, 3.63) is 35.9 Å². The first-order chi connectivity index (χ1) is 9.17. The van der Waals surface area contributed by atoms with Crippen LogP contribution in [0.1, 0.15) is 12.5 Å². The van der Waals surface area contributed by atoms with Gasteiger partial charge in [0.15, 0.2) is 0 Å². The van der Waals surface area contributed by atoms with Crippen molar-refractivity contribution in [1.82, 2.24) is 5.32 Å². The summed E-state index contributed by atoms with van der Waals surface area (Å²) in [6.45, 7) is 2.20. The highest BCUT2D eigenvalue weighted by molar-refractivity contribution is 5.85. The standard InChI is InChI=1S/C14H19NO4/c1-3-19-10-13(16)15-12(14(17)18-2)9-11-7-5-4-6-8-11/h4-8,12H,3,9-10H2,1-2H3,(H,15,16)/t12-/m0/s1. The smallest absolute Gasteiger partial charge is 0.328 e. The number of hydrogen-bond acceptors (Lipinski definition) is 4. The first kappa shape index (κ1) is 15.2. The molecule has 1 amide bonds. The third-order valence-electron chi connectivity index (χ3n) is 2.54. The molecule has 1 aromatic carbocycles. The normalized spacial score (nSPS) is 11.7. The molecule has 0 heterocycles. The van der Waals surface area contributed by atoms with Crippen molar-refractivity contribution < 1.29 is 19.1 Å². The number of carbonyl (C=O) groups excluding carboxylic acids is 2. The van der Waals surface area contributed by atoms with Gasteiger partial charge in [-0.3, -0.25) is 4.79 Å². The van der Waals surface area contributed by atoms with Crippen LogP contribution in [0.25, 0.3) is 0 Å². The van der Waals surface area contributed by atoms with E-state index in [4.69, 9.17) is 9.47 Å². The highest BCUT2D eigenvalue weighted by atomic mass is 16.5.